The zero-order valence-electron chi connectivity index (χ0n) is 13.9. The number of azo groups is 1. The summed E-state index contributed by atoms with van der Waals surface area (Å²) >= 11 is 0. The third-order valence-corrected chi connectivity index (χ3v) is 3.31. The third-order valence-electron chi connectivity index (χ3n) is 3.31. The molecule has 0 bridgehead atoms. The van der Waals surface area contributed by atoms with Gasteiger partial charge in [0.25, 0.3) is 0 Å². The zero-order chi connectivity index (χ0) is 19.2. The Labute approximate surface area is 147 Å². The highest BCUT2D eigenvalue weighted by Crippen LogP contribution is 2.37. The van der Waals surface area contributed by atoms with E-state index in [1.165, 1.54) is 32.4 Å². The van der Waals surface area contributed by atoms with Gasteiger partial charge in [-0.2, -0.15) is 13.2 Å². The molecule has 2 aromatic rings. The van der Waals surface area contributed by atoms with E-state index in [1.807, 2.05) is 0 Å². The molecular weight excluding hydrogens is 349 g/mol. The van der Waals surface area contributed by atoms with Gasteiger partial charge in [0.2, 0.25) is 0 Å². The molecule has 0 amide bonds. The second kappa shape index (κ2) is 8.28. The van der Waals surface area contributed by atoms with E-state index in [4.69, 9.17) is 4.74 Å². The van der Waals surface area contributed by atoms with Crippen molar-refractivity contribution in [1.29, 1.82) is 0 Å². The maximum Gasteiger partial charge on any atom is 0.416 e. The highest BCUT2D eigenvalue weighted by Gasteiger charge is 2.31. The summed E-state index contributed by atoms with van der Waals surface area (Å²) < 4.78 is 48.2. The van der Waals surface area contributed by atoms with Crippen LogP contribution >= 0.6 is 0 Å². The maximum atomic E-state index is 12.9. The number of carbonyl (C=O) groups excluding carboxylic acids is 1. The highest BCUT2D eigenvalue weighted by molar-refractivity contribution is 5.88. The number of hydrogen-bond donors (Lipinski definition) is 0. The number of halogens is 3. The van der Waals surface area contributed by atoms with E-state index in [-0.39, 0.29) is 11.4 Å². The first-order chi connectivity index (χ1) is 12.3. The van der Waals surface area contributed by atoms with Gasteiger partial charge >= 0.3 is 12.1 Å². The van der Waals surface area contributed by atoms with Gasteiger partial charge in [-0.15, -0.1) is 10.2 Å². The first-order valence-electron chi connectivity index (χ1n) is 7.37. The fourth-order valence-electron chi connectivity index (χ4n) is 2.00. The Balaban J connectivity index is 2.38. The molecule has 2 rings (SSSR count). The Bertz CT molecular complexity index is 846. The SMILES string of the molecule is COC(=O)/C=C/c1ccccc1/N=N\c1cc(C(F)(F)F)ccc1OC. The van der Waals surface area contributed by atoms with Crippen LogP contribution in [-0.4, -0.2) is 20.2 Å². The number of benzene rings is 2. The number of nitrogens with zero attached hydrogens (tertiary/aromatic N) is 2. The minimum atomic E-state index is -4.50. The van der Waals surface area contributed by atoms with Crippen molar-refractivity contribution in [2.75, 3.05) is 14.2 Å². The number of alkyl halides is 3. The van der Waals surface area contributed by atoms with Crippen LogP contribution in [0.1, 0.15) is 11.1 Å². The topological polar surface area (TPSA) is 60.2 Å². The normalized spacial score (nSPS) is 11.9. The molecule has 0 atom stereocenters. The van der Waals surface area contributed by atoms with Crippen LogP contribution < -0.4 is 4.74 Å². The van der Waals surface area contributed by atoms with Gasteiger partial charge in [0.1, 0.15) is 11.4 Å². The van der Waals surface area contributed by atoms with Gasteiger partial charge in [-0.3, -0.25) is 0 Å². The Kier molecular flexibility index (Phi) is 6.11. The van der Waals surface area contributed by atoms with Crippen LogP contribution in [0.15, 0.2) is 58.8 Å². The molecule has 0 unspecified atom stereocenters. The molecule has 0 aliphatic carbocycles. The molecule has 0 aliphatic rings. The van der Waals surface area contributed by atoms with E-state index in [9.17, 15) is 18.0 Å². The third kappa shape index (κ3) is 4.92. The van der Waals surface area contributed by atoms with Crippen LogP contribution in [0.2, 0.25) is 0 Å². The molecule has 26 heavy (non-hydrogen) atoms. The van der Waals surface area contributed by atoms with E-state index in [1.54, 1.807) is 24.3 Å². The summed E-state index contributed by atoms with van der Waals surface area (Å²) in [5.41, 5.74) is -0.0000848. The molecule has 0 N–H and O–H groups in total. The van der Waals surface area contributed by atoms with Gasteiger partial charge in [-0.1, -0.05) is 18.2 Å². The lowest BCUT2D eigenvalue weighted by molar-refractivity contribution is -0.137. The highest BCUT2D eigenvalue weighted by atomic mass is 19.4. The molecule has 0 heterocycles. The smallest absolute Gasteiger partial charge is 0.416 e. The van der Waals surface area contributed by atoms with Crippen molar-refractivity contribution < 1.29 is 27.4 Å². The molecule has 8 heteroatoms. The predicted molar refractivity (Wildman–Crippen MR) is 89.7 cm³/mol. The fourth-order valence-corrected chi connectivity index (χ4v) is 2.00. The first-order valence-corrected chi connectivity index (χ1v) is 7.37. The molecule has 0 spiro atoms. The minimum absolute atomic E-state index is 0.0610. The van der Waals surface area contributed by atoms with Crippen molar-refractivity contribution in [3.63, 3.8) is 0 Å². The molecular formula is C18H15F3N2O3. The Morgan fingerprint density at radius 3 is 2.38 bits per heavy atom. The molecule has 0 fully saturated rings. The number of esters is 1. The van der Waals surface area contributed by atoms with Crippen LogP contribution in [-0.2, 0) is 15.7 Å². The van der Waals surface area contributed by atoms with Crippen LogP contribution in [0, 0.1) is 0 Å². The lowest BCUT2D eigenvalue weighted by Crippen LogP contribution is -2.04. The summed E-state index contributed by atoms with van der Waals surface area (Å²) in [6.45, 7) is 0. The second-order valence-electron chi connectivity index (χ2n) is 5.00. The van der Waals surface area contributed by atoms with Gasteiger partial charge in [-0.05, 0) is 30.3 Å². The Morgan fingerprint density at radius 1 is 1.04 bits per heavy atom. The number of ether oxygens (including phenoxy) is 2. The molecule has 0 radical (unpaired) electrons. The average Bonchev–Trinajstić information content (AvgIpc) is 2.63. The second-order valence-corrected chi connectivity index (χ2v) is 5.00. The number of carbonyl (C=O) groups is 1. The van der Waals surface area contributed by atoms with E-state index in [0.717, 1.165) is 12.1 Å². The molecule has 0 saturated carbocycles. The summed E-state index contributed by atoms with van der Waals surface area (Å²) in [5, 5.41) is 7.87. The molecule has 5 nitrogen and oxygen atoms in total. The van der Waals surface area contributed by atoms with Gasteiger partial charge in [0, 0.05) is 11.6 Å². The van der Waals surface area contributed by atoms with Crippen LogP contribution in [0.4, 0.5) is 24.5 Å². The van der Waals surface area contributed by atoms with Crippen LogP contribution in [0.5, 0.6) is 5.75 Å². The minimum Gasteiger partial charge on any atom is -0.494 e. The van der Waals surface area contributed by atoms with E-state index in [2.05, 4.69) is 15.0 Å². The summed E-state index contributed by atoms with van der Waals surface area (Å²) in [5.74, 6) is -0.388. The zero-order valence-corrected chi connectivity index (χ0v) is 13.9. The van der Waals surface area contributed by atoms with E-state index in [0.29, 0.717) is 11.3 Å². The van der Waals surface area contributed by atoms with Crippen molar-refractivity contribution in [3.8, 4) is 5.75 Å². The number of methoxy groups -OCH3 is 2. The maximum absolute atomic E-state index is 12.9. The molecule has 136 valence electrons. The Morgan fingerprint density at radius 2 is 1.73 bits per heavy atom. The molecule has 0 aromatic heterocycles. The number of rotatable bonds is 5. The van der Waals surface area contributed by atoms with Gasteiger partial charge in [0.05, 0.1) is 25.5 Å². The summed E-state index contributed by atoms with van der Waals surface area (Å²) in [6, 6.07) is 9.64. The van der Waals surface area contributed by atoms with Gasteiger partial charge in [0.15, 0.2) is 0 Å². The van der Waals surface area contributed by atoms with Crippen molar-refractivity contribution in [3.05, 3.63) is 59.7 Å². The summed E-state index contributed by atoms with van der Waals surface area (Å²) in [4.78, 5) is 11.2. The van der Waals surface area contributed by atoms with Crippen molar-refractivity contribution >= 4 is 23.4 Å². The van der Waals surface area contributed by atoms with Crippen LogP contribution in [0.25, 0.3) is 6.08 Å². The fraction of sp³-hybridized carbons (Fsp3) is 0.167. The molecule has 0 saturated heterocycles. The monoisotopic (exact) mass is 364 g/mol. The number of hydrogen-bond acceptors (Lipinski definition) is 5. The predicted octanol–water partition coefficient (Wildman–Crippen LogP) is 5.32. The summed E-state index contributed by atoms with van der Waals surface area (Å²) in [6.07, 6.45) is -1.82. The van der Waals surface area contributed by atoms with E-state index >= 15 is 0 Å². The van der Waals surface area contributed by atoms with Crippen molar-refractivity contribution in [1.82, 2.24) is 0 Å². The van der Waals surface area contributed by atoms with E-state index < -0.39 is 17.7 Å². The largest absolute Gasteiger partial charge is 0.494 e. The standard InChI is InChI=1S/C18H15F3N2O3/c1-25-16-9-8-13(18(19,20)21)11-15(16)23-22-14-6-4-3-5-12(14)7-10-17(24)26-2/h3-11H,1-2H3/b10-7+,23-22-. The van der Waals surface area contributed by atoms with Gasteiger partial charge < -0.3 is 9.47 Å². The van der Waals surface area contributed by atoms with Crippen molar-refractivity contribution in [2.45, 2.75) is 6.18 Å². The quantitative estimate of drug-likeness (QED) is 0.410. The molecule has 0 aliphatic heterocycles. The lowest BCUT2D eigenvalue weighted by Gasteiger charge is -2.09. The molecule has 2 aromatic carbocycles. The van der Waals surface area contributed by atoms with Crippen molar-refractivity contribution in [2.24, 2.45) is 10.2 Å². The first kappa shape index (κ1) is 19.2. The Hall–Kier alpha value is -3.16. The lowest BCUT2D eigenvalue weighted by atomic mass is 10.1. The average molecular weight is 364 g/mol. The van der Waals surface area contributed by atoms with Crippen LogP contribution in [0.3, 0.4) is 0 Å². The van der Waals surface area contributed by atoms with Gasteiger partial charge in [-0.25, -0.2) is 4.79 Å². The summed E-state index contributed by atoms with van der Waals surface area (Å²) in [7, 11) is 2.58.